The number of alkyl halides is 3. The van der Waals surface area contributed by atoms with Crippen LogP contribution >= 0.6 is 0 Å². The highest BCUT2D eigenvalue weighted by molar-refractivity contribution is 5.99. The molecule has 1 atom stereocenters. The monoisotopic (exact) mass is 425 g/mol. The molecule has 4 rings (SSSR count). The van der Waals surface area contributed by atoms with Gasteiger partial charge in [-0.2, -0.15) is 13.2 Å². The second-order valence-electron chi connectivity index (χ2n) is 8.20. The summed E-state index contributed by atoms with van der Waals surface area (Å²) in [5.74, 6) is -0.998. The Balaban J connectivity index is 1.53. The Morgan fingerprint density at radius 3 is 2.50 bits per heavy atom. The maximum absolute atomic E-state index is 13.3. The van der Waals surface area contributed by atoms with Crippen LogP contribution in [0.15, 0.2) is 18.2 Å². The third kappa shape index (κ3) is 4.40. The Morgan fingerprint density at radius 1 is 1.13 bits per heavy atom. The highest BCUT2D eigenvalue weighted by atomic mass is 19.4. The molecule has 0 unspecified atom stereocenters. The number of rotatable bonds is 4. The first-order valence-electron chi connectivity index (χ1n) is 10.5. The molecule has 0 spiro atoms. The van der Waals surface area contributed by atoms with Crippen LogP contribution in [0.1, 0.15) is 37.7 Å². The molecule has 164 valence electrons. The molecule has 2 heterocycles. The molecule has 0 radical (unpaired) electrons. The van der Waals surface area contributed by atoms with E-state index in [-0.39, 0.29) is 24.1 Å². The minimum absolute atomic E-state index is 0.0421. The van der Waals surface area contributed by atoms with Crippen molar-refractivity contribution in [2.24, 2.45) is 5.92 Å². The number of carbonyl (C=O) groups excluding carboxylic acids is 2. The van der Waals surface area contributed by atoms with Gasteiger partial charge in [0, 0.05) is 32.1 Å². The van der Waals surface area contributed by atoms with Crippen molar-refractivity contribution >= 4 is 23.2 Å². The van der Waals surface area contributed by atoms with E-state index in [2.05, 4.69) is 5.32 Å². The van der Waals surface area contributed by atoms with E-state index in [0.29, 0.717) is 38.5 Å². The first kappa shape index (κ1) is 21.0. The summed E-state index contributed by atoms with van der Waals surface area (Å²) in [6.07, 6.45) is -0.333. The average Bonchev–Trinajstić information content (AvgIpc) is 3.37. The second kappa shape index (κ2) is 8.45. The van der Waals surface area contributed by atoms with Gasteiger partial charge < -0.3 is 19.9 Å². The fourth-order valence-electron chi connectivity index (χ4n) is 4.60. The molecule has 0 bridgehead atoms. The van der Waals surface area contributed by atoms with Crippen molar-refractivity contribution in [3.63, 3.8) is 0 Å². The lowest BCUT2D eigenvalue weighted by atomic mass is 10.1. The summed E-state index contributed by atoms with van der Waals surface area (Å²) in [7, 11) is 0. The van der Waals surface area contributed by atoms with E-state index in [1.807, 2.05) is 4.90 Å². The maximum atomic E-state index is 13.3. The standard InChI is InChI=1S/C21H26F3N3O3/c22-21(23,24)15-5-6-18(26-7-9-30-10-8-26)17(12-15)25-20(29)14-11-19(28)27(13-14)16-3-1-2-4-16/h5-6,12,14,16H,1-4,7-11,13H2,(H,25,29)/t14-/m0/s1. The Hall–Kier alpha value is -2.29. The molecule has 3 aliphatic rings. The number of ether oxygens (including phenoxy) is 1. The summed E-state index contributed by atoms with van der Waals surface area (Å²) >= 11 is 0. The average molecular weight is 425 g/mol. The zero-order valence-corrected chi connectivity index (χ0v) is 16.7. The molecular weight excluding hydrogens is 399 g/mol. The fraction of sp³-hybridized carbons (Fsp3) is 0.619. The van der Waals surface area contributed by atoms with E-state index >= 15 is 0 Å². The largest absolute Gasteiger partial charge is 0.416 e. The van der Waals surface area contributed by atoms with E-state index in [1.165, 1.54) is 6.07 Å². The lowest BCUT2D eigenvalue weighted by Gasteiger charge is -2.31. The molecule has 1 aromatic carbocycles. The number of amides is 2. The molecule has 2 aliphatic heterocycles. The molecule has 1 aliphatic carbocycles. The van der Waals surface area contributed by atoms with E-state index in [9.17, 15) is 22.8 Å². The molecular formula is C21H26F3N3O3. The smallest absolute Gasteiger partial charge is 0.378 e. The molecule has 30 heavy (non-hydrogen) atoms. The summed E-state index contributed by atoms with van der Waals surface area (Å²) in [6, 6.07) is 3.59. The highest BCUT2D eigenvalue weighted by Crippen LogP contribution is 2.36. The van der Waals surface area contributed by atoms with Gasteiger partial charge in [0.1, 0.15) is 0 Å². The number of hydrogen-bond acceptors (Lipinski definition) is 4. The number of nitrogens with one attached hydrogen (secondary N) is 1. The van der Waals surface area contributed by atoms with Crippen LogP contribution in [0.25, 0.3) is 0 Å². The van der Waals surface area contributed by atoms with Gasteiger partial charge in [0.25, 0.3) is 0 Å². The Morgan fingerprint density at radius 2 is 1.83 bits per heavy atom. The Labute approximate surface area is 173 Å². The third-order valence-electron chi connectivity index (χ3n) is 6.23. The third-order valence-corrected chi connectivity index (χ3v) is 6.23. The number of morpholine rings is 1. The summed E-state index contributed by atoms with van der Waals surface area (Å²) in [4.78, 5) is 29.0. The maximum Gasteiger partial charge on any atom is 0.416 e. The van der Waals surface area contributed by atoms with Crippen LogP contribution in [0.5, 0.6) is 0 Å². The molecule has 1 saturated carbocycles. The molecule has 9 heteroatoms. The number of nitrogens with zero attached hydrogens (tertiary/aromatic N) is 2. The summed E-state index contributed by atoms with van der Waals surface area (Å²) in [5.41, 5.74) is -0.148. The molecule has 3 fully saturated rings. The van der Waals surface area contributed by atoms with Gasteiger partial charge in [-0.1, -0.05) is 12.8 Å². The summed E-state index contributed by atoms with van der Waals surface area (Å²) in [5, 5.41) is 2.69. The van der Waals surface area contributed by atoms with E-state index in [0.717, 1.165) is 37.8 Å². The number of likely N-dealkylation sites (tertiary alicyclic amines) is 1. The van der Waals surface area contributed by atoms with Crippen molar-refractivity contribution in [2.75, 3.05) is 43.1 Å². The molecule has 0 aromatic heterocycles. The lowest BCUT2D eigenvalue weighted by molar-refractivity contribution is -0.137. The number of carbonyl (C=O) groups is 2. The Kier molecular flexibility index (Phi) is 5.90. The van der Waals surface area contributed by atoms with Crippen molar-refractivity contribution in [1.82, 2.24) is 4.90 Å². The fourth-order valence-corrected chi connectivity index (χ4v) is 4.60. The van der Waals surface area contributed by atoms with Crippen molar-refractivity contribution in [2.45, 2.75) is 44.3 Å². The van der Waals surface area contributed by atoms with Crippen molar-refractivity contribution in [3.8, 4) is 0 Å². The first-order valence-corrected chi connectivity index (χ1v) is 10.5. The minimum atomic E-state index is -4.51. The van der Waals surface area contributed by atoms with Gasteiger partial charge in [0.15, 0.2) is 0 Å². The number of halogens is 3. The number of anilines is 2. The van der Waals surface area contributed by atoms with E-state index < -0.39 is 23.6 Å². The first-order chi connectivity index (χ1) is 14.3. The SMILES string of the molecule is O=C(Nc1cc(C(F)(F)F)ccc1N1CCOCC1)[C@H]1CC(=O)N(C2CCCC2)C1. The van der Waals surface area contributed by atoms with Gasteiger partial charge in [-0.3, -0.25) is 9.59 Å². The van der Waals surface area contributed by atoms with Gasteiger partial charge in [-0.25, -0.2) is 0 Å². The normalized spacial score (nSPS) is 23.3. The molecule has 2 amide bonds. The van der Waals surface area contributed by atoms with Crippen LogP contribution in [0.4, 0.5) is 24.5 Å². The Bertz CT molecular complexity index is 802. The van der Waals surface area contributed by atoms with Gasteiger partial charge >= 0.3 is 6.18 Å². The molecule has 1 N–H and O–H groups in total. The predicted octanol–water partition coefficient (Wildman–Crippen LogP) is 3.27. The quantitative estimate of drug-likeness (QED) is 0.805. The zero-order chi connectivity index (χ0) is 21.3. The van der Waals surface area contributed by atoms with Gasteiger partial charge in [-0.15, -0.1) is 0 Å². The van der Waals surface area contributed by atoms with Gasteiger partial charge in [0.05, 0.1) is 36.1 Å². The van der Waals surface area contributed by atoms with Crippen LogP contribution in [0.3, 0.4) is 0 Å². The highest BCUT2D eigenvalue weighted by Gasteiger charge is 2.39. The lowest BCUT2D eigenvalue weighted by Crippen LogP contribution is -2.37. The molecule has 2 saturated heterocycles. The minimum Gasteiger partial charge on any atom is -0.378 e. The van der Waals surface area contributed by atoms with Gasteiger partial charge in [-0.05, 0) is 31.0 Å². The van der Waals surface area contributed by atoms with Crippen LogP contribution in [-0.2, 0) is 20.5 Å². The summed E-state index contributed by atoms with van der Waals surface area (Å²) < 4.78 is 45.1. The van der Waals surface area contributed by atoms with Crippen molar-refractivity contribution in [1.29, 1.82) is 0 Å². The van der Waals surface area contributed by atoms with Crippen LogP contribution in [-0.4, -0.2) is 55.6 Å². The number of hydrogen-bond donors (Lipinski definition) is 1. The van der Waals surface area contributed by atoms with Crippen molar-refractivity contribution in [3.05, 3.63) is 23.8 Å². The van der Waals surface area contributed by atoms with Gasteiger partial charge in [0.2, 0.25) is 11.8 Å². The molecule has 6 nitrogen and oxygen atoms in total. The summed E-state index contributed by atoms with van der Waals surface area (Å²) in [6.45, 7) is 2.35. The van der Waals surface area contributed by atoms with Crippen molar-refractivity contribution < 1.29 is 27.5 Å². The van der Waals surface area contributed by atoms with Crippen LogP contribution in [0, 0.1) is 5.92 Å². The molecule has 1 aromatic rings. The zero-order valence-electron chi connectivity index (χ0n) is 16.7. The van der Waals surface area contributed by atoms with Crippen LogP contribution < -0.4 is 10.2 Å². The predicted molar refractivity (Wildman–Crippen MR) is 105 cm³/mol. The van der Waals surface area contributed by atoms with Crippen LogP contribution in [0.2, 0.25) is 0 Å². The van der Waals surface area contributed by atoms with E-state index in [1.54, 1.807) is 4.90 Å². The van der Waals surface area contributed by atoms with E-state index in [4.69, 9.17) is 4.74 Å². The second-order valence-corrected chi connectivity index (χ2v) is 8.20. The number of benzene rings is 1. The topological polar surface area (TPSA) is 61.9 Å².